The summed E-state index contributed by atoms with van der Waals surface area (Å²) in [7, 11) is 1.80. The molecule has 2 unspecified atom stereocenters. The Morgan fingerprint density at radius 3 is 1.98 bits per heavy atom. The Balaban J connectivity index is 1.74. The molecule has 258 valence electrons. The summed E-state index contributed by atoms with van der Waals surface area (Å²) in [5, 5.41) is 16.0. The Morgan fingerprint density at radius 2 is 1.29 bits per heavy atom. The Hall–Kier alpha value is -4.81. The van der Waals surface area contributed by atoms with Crippen LogP contribution in [0.1, 0.15) is 50.2 Å². The van der Waals surface area contributed by atoms with Crippen LogP contribution in [0.3, 0.4) is 0 Å². The van der Waals surface area contributed by atoms with Gasteiger partial charge < -0.3 is 38.1 Å². The molecule has 0 fully saturated rings. The predicted molar refractivity (Wildman–Crippen MR) is 186 cm³/mol. The lowest BCUT2D eigenvalue weighted by atomic mass is 10.0. The van der Waals surface area contributed by atoms with Gasteiger partial charge in [0.25, 0.3) is 0 Å². The number of nitrogens with two attached hydrogens (primary N) is 2. The minimum absolute atomic E-state index is 0.140. The molecule has 3 rings (SSSR count). The van der Waals surface area contributed by atoms with Crippen molar-refractivity contribution >= 4 is 40.3 Å². The molecule has 12 heteroatoms. The Kier molecular flexibility index (Phi) is 15.5. The number of rotatable bonds is 20. The number of benzene rings is 3. The molecule has 4 atom stereocenters. The molecule has 48 heavy (non-hydrogen) atoms. The van der Waals surface area contributed by atoms with E-state index in [1.165, 1.54) is 6.92 Å². The molecule has 0 aliphatic heterocycles. The molecule has 0 aromatic heterocycles. The molecule has 0 saturated carbocycles. The van der Waals surface area contributed by atoms with Gasteiger partial charge in [0.2, 0.25) is 29.5 Å². The van der Waals surface area contributed by atoms with Crippen LogP contribution in [0.5, 0.6) is 0 Å². The topological polar surface area (TPSA) is 198 Å². The highest BCUT2D eigenvalue weighted by Crippen LogP contribution is 2.17. The van der Waals surface area contributed by atoms with E-state index >= 15 is 0 Å². The highest BCUT2D eigenvalue weighted by Gasteiger charge is 2.29. The average Bonchev–Trinajstić information content (AvgIpc) is 3.07. The van der Waals surface area contributed by atoms with Crippen LogP contribution in [-0.2, 0) is 36.8 Å². The molecule has 0 aliphatic carbocycles. The first-order valence-corrected chi connectivity index (χ1v) is 16.5. The second-order valence-corrected chi connectivity index (χ2v) is 11.9. The van der Waals surface area contributed by atoms with Gasteiger partial charge in [0, 0.05) is 19.3 Å². The fourth-order valence-electron chi connectivity index (χ4n) is 5.29. The smallest absolute Gasteiger partial charge is 0.243 e. The van der Waals surface area contributed by atoms with E-state index in [0.29, 0.717) is 38.8 Å². The first-order chi connectivity index (χ1) is 23.1. The van der Waals surface area contributed by atoms with E-state index in [2.05, 4.69) is 26.6 Å². The van der Waals surface area contributed by atoms with Gasteiger partial charge in [-0.3, -0.25) is 24.0 Å². The highest BCUT2D eigenvalue weighted by atomic mass is 16.2. The summed E-state index contributed by atoms with van der Waals surface area (Å²) in [5.41, 5.74) is 12.7. The normalized spacial score (nSPS) is 13.5. The maximum atomic E-state index is 13.6. The molecule has 0 bridgehead atoms. The summed E-state index contributed by atoms with van der Waals surface area (Å²) < 4.78 is 0. The fourth-order valence-corrected chi connectivity index (χ4v) is 5.29. The molecule has 3 aromatic rings. The van der Waals surface area contributed by atoms with Crippen molar-refractivity contribution in [2.75, 3.05) is 20.1 Å². The largest absolute Gasteiger partial charge is 0.368 e. The number of nitrogens with one attached hydrogen (secondary N) is 5. The van der Waals surface area contributed by atoms with E-state index in [1.54, 1.807) is 7.05 Å². The van der Waals surface area contributed by atoms with Crippen molar-refractivity contribution in [2.45, 2.75) is 76.0 Å². The molecule has 9 N–H and O–H groups in total. The van der Waals surface area contributed by atoms with E-state index < -0.39 is 47.8 Å². The quantitative estimate of drug-likeness (QED) is 0.0885. The number of carbonyl (C=O) groups excluding carboxylic acids is 5. The van der Waals surface area contributed by atoms with E-state index in [1.807, 2.05) is 72.8 Å². The van der Waals surface area contributed by atoms with Gasteiger partial charge in [-0.1, -0.05) is 72.8 Å². The zero-order valence-corrected chi connectivity index (χ0v) is 27.8. The minimum Gasteiger partial charge on any atom is -0.368 e. The van der Waals surface area contributed by atoms with Gasteiger partial charge in [-0.05, 0) is 74.6 Å². The number of unbranched alkanes of at least 4 members (excludes halogenated alkanes) is 1. The Morgan fingerprint density at radius 1 is 0.667 bits per heavy atom. The van der Waals surface area contributed by atoms with Crippen molar-refractivity contribution < 1.29 is 24.0 Å². The Bertz CT molecular complexity index is 1520. The number of carbonyl (C=O) groups is 5. The minimum atomic E-state index is -1.06. The van der Waals surface area contributed by atoms with Crippen molar-refractivity contribution in [3.05, 3.63) is 83.9 Å². The van der Waals surface area contributed by atoms with Crippen LogP contribution in [0.4, 0.5) is 0 Å². The van der Waals surface area contributed by atoms with Crippen LogP contribution < -0.4 is 38.1 Å². The van der Waals surface area contributed by atoms with E-state index in [4.69, 9.17) is 11.5 Å². The molecule has 3 aromatic carbocycles. The number of amides is 5. The molecule has 0 aliphatic rings. The van der Waals surface area contributed by atoms with E-state index in [9.17, 15) is 24.0 Å². The molecule has 5 amide bonds. The summed E-state index contributed by atoms with van der Waals surface area (Å²) in [5.74, 6) is -2.69. The van der Waals surface area contributed by atoms with Gasteiger partial charge in [0.15, 0.2) is 0 Å². The van der Waals surface area contributed by atoms with Crippen LogP contribution in [-0.4, -0.2) is 73.8 Å². The fraction of sp³-hybridized carbons (Fsp3) is 0.417. The number of hydrogen-bond acceptors (Lipinski definition) is 7. The molecular formula is C36H49N7O5. The monoisotopic (exact) mass is 659 g/mol. The SMILES string of the molecule is CNCCCC(=O)NC(Cc1ccc2ccccc2c1)C(=O)N[C@H](C)C(=O)NC(Cc1ccccc1)C(=O)N[C@@H](CCCCN)C(N)=O. The molecular weight excluding hydrogens is 610 g/mol. The molecule has 0 saturated heterocycles. The summed E-state index contributed by atoms with van der Waals surface area (Å²) in [6.45, 7) is 2.60. The summed E-state index contributed by atoms with van der Waals surface area (Å²) in [4.78, 5) is 65.3. The third-order valence-electron chi connectivity index (χ3n) is 8.01. The zero-order valence-electron chi connectivity index (χ0n) is 27.8. The van der Waals surface area contributed by atoms with Gasteiger partial charge in [-0.2, -0.15) is 0 Å². The van der Waals surface area contributed by atoms with Crippen LogP contribution in [0.15, 0.2) is 72.8 Å². The predicted octanol–water partition coefficient (Wildman–Crippen LogP) is 1.20. The van der Waals surface area contributed by atoms with E-state index in [0.717, 1.165) is 21.9 Å². The zero-order chi connectivity index (χ0) is 34.9. The van der Waals surface area contributed by atoms with Gasteiger partial charge in [0.05, 0.1) is 0 Å². The first kappa shape index (κ1) is 37.6. The third-order valence-corrected chi connectivity index (χ3v) is 8.01. The lowest BCUT2D eigenvalue weighted by molar-refractivity contribution is -0.134. The number of fused-ring (bicyclic) bond motifs is 1. The lowest BCUT2D eigenvalue weighted by Gasteiger charge is -2.25. The number of hydrogen-bond donors (Lipinski definition) is 7. The van der Waals surface area contributed by atoms with Crippen LogP contribution in [0.2, 0.25) is 0 Å². The second-order valence-electron chi connectivity index (χ2n) is 11.9. The summed E-state index contributed by atoms with van der Waals surface area (Å²) in [6.07, 6.45) is 2.75. The third kappa shape index (κ3) is 12.4. The standard InChI is InChI=1S/C36H49N7O5/c1-24(34(46)43-31(22-25-11-4-3-5-12-25)36(48)42-29(33(38)45)15-8-9-19-37)40-35(47)30(41-32(44)16-10-20-39-2)23-26-17-18-27-13-6-7-14-28(27)21-26/h3-7,11-14,17-18,21,24,29-31,39H,8-10,15-16,19-20,22-23,37H2,1-2H3,(H2,38,45)(H,40,47)(H,41,44)(H,42,48)(H,43,46)/t24-,29+,30?,31?/m1/s1. The van der Waals surface area contributed by atoms with Crippen molar-refractivity contribution in [2.24, 2.45) is 11.5 Å². The highest BCUT2D eigenvalue weighted by molar-refractivity contribution is 5.95. The van der Waals surface area contributed by atoms with E-state index in [-0.39, 0.29) is 25.2 Å². The Labute approximate surface area is 282 Å². The van der Waals surface area contributed by atoms with Gasteiger partial charge >= 0.3 is 0 Å². The van der Waals surface area contributed by atoms with Gasteiger partial charge in [-0.25, -0.2) is 0 Å². The maximum Gasteiger partial charge on any atom is 0.243 e. The maximum absolute atomic E-state index is 13.6. The number of primary amides is 1. The average molecular weight is 660 g/mol. The van der Waals surface area contributed by atoms with Gasteiger partial charge in [0.1, 0.15) is 24.2 Å². The second kappa shape index (κ2) is 19.8. The van der Waals surface area contributed by atoms with Crippen molar-refractivity contribution in [3.8, 4) is 0 Å². The molecule has 12 nitrogen and oxygen atoms in total. The van der Waals surface area contributed by atoms with Crippen molar-refractivity contribution in [1.82, 2.24) is 26.6 Å². The molecule has 0 radical (unpaired) electrons. The van der Waals surface area contributed by atoms with Crippen LogP contribution in [0.25, 0.3) is 10.8 Å². The summed E-state index contributed by atoms with van der Waals surface area (Å²) in [6, 6.07) is 18.8. The van der Waals surface area contributed by atoms with Crippen molar-refractivity contribution in [1.29, 1.82) is 0 Å². The first-order valence-electron chi connectivity index (χ1n) is 16.5. The van der Waals surface area contributed by atoms with Crippen LogP contribution >= 0.6 is 0 Å². The molecule has 0 heterocycles. The van der Waals surface area contributed by atoms with Gasteiger partial charge in [-0.15, -0.1) is 0 Å². The lowest BCUT2D eigenvalue weighted by Crippen LogP contribution is -2.58. The summed E-state index contributed by atoms with van der Waals surface area (Å²) >= 11 is 0. The van der Waals surface area contributed by atoms with Crippen molar-refractivity contribution in [3.63, 3.8) is 0 Å². The van der Waals surface area contributed by atoms with Crippen LogP contribution in [0, 0.1) is 0 Å². The molecule has 0 spiro atoms.